The first-order valence-electron chi connectivity index (χ1n) is 10.7. The van der Waals surface area contributed by atoms with Gasteiger partial charge in [-0.1, -0.05) is 88.1 Å². The maximum Gasteiger partial charge on any atom is 0.296 e. The molecule has 3 nitrogen and oxygen atoms in total. The fourth-order valence-corrected chi connectivity index (χ4v) is 3.89. The van der Waals surface area contributed by atoms with Gasteiger partial charge in [-0.3, -0.25) is 4.18 Å². The van der Waals surface area contributed by atoms with Crippen LogP contribution >= 0.6 is 0 Å². The first-order valence-corrected chi connectivity index (χ1v) is 12.1. The summed E-state index contributed by atoms with van der Waals surface area (Å²) in [4.78, 5) is 0.231. The molecule has 0 spiro atoms. The summed E-state index contributed by atoms with van der Waals surface area (Å²) >= 11 is 0. The van der Waals surface area contributed by atoms with Crippen molar-refractivity contribution in [3.8, 4) is 0 Å². The predicted molar refractivity (Wildman–Crippen MR) is 115 cm³/mol. The van der Waals surface area contributed by atoms with E-state index in [1.54, 1.807) is 24.3 Å². The van der Waals surface area contributed by atoms with Crippen LogP contribution in [0.2, 0.25) is 0 Å². The first kappa shape index (κ1) is 23.9. The zero-order chi connectivity index (χ0) is 19.8. The molecule has 4 heteroatoms. The van der Waals surface area contributed by atoms with Crippen LogP contribution in [0.3, 0.4) is 0 Å². The number of allylic oxidation sites excluding steroid dienone is 2. The highest BCUT2D eigenvalue weighted by molar-refractivity contribution is 7.86. The maximum atomic E-state index is 12.0. The molecule has 0 saturated heterocycles. The molecule has 0 aliphatic heterocycles. The predicted octanol–water partition coefficient (Wildman–Crippen LogP) is 6.96. The minimum absolute atomic E-state index is 0.231. The molecule has 154 valence electrons. The molecule has 0 heterocycles. The SMILES string of the molecule is CCCCCCCCCCC/C=C\CCCOS(=O)(=O)c1ccc(C)cc1. The van der Waals surface area contributed by atoms with Crippen molar-refractivity contribution in [2.24, 2.45) is 0 Å². The van der Waals surface area contributed by atoms with Gasteiger partial charge in [-0.25, -0.2) is 0 Å². The number of aryl methyl sites for hydroxylation is 1. The van der Waals surface area contributed by atoms with Gasteiger partial charge in [-0.15, -0.1) is 0 Å². The highest BCUT2D eigenvalue weighted by Gasteiger charge is 2.13. The Morgan fingerprint density at radius 1 is 0.778 bits per heavy atom. The third kappa shape index (κ3) is 12.0. The van der Waals surface area contributed by atoms with Crippen LogP contribution in [-0.2, 0) is 14.3 Å². The lowest BCUT2D eigenvalue weighted by atomic mass is 10.1. The minimum atomic E-state index is -3.62. The molecular weight excluding hydrogens is 356 g/mol. The quantitative estimate of drug-likeness (QED) is 0.173. The molecule has 0 saturated carbocycles. The molecule has 1 aromatic carbocycles. The second kappa shape index (κ2) is 14.9. The molecule has 1 rings (SSSR count). The second-order valence-corrected chi connectivity index (χ2v) is 8.94. The van der Waals surface area contributed by atoms with Crippen molar-refractivity contribution in [3.05, 3.63) is 42.0 Å². The van der Waals surface area contributed by atoms with Crippen molar-refractivity contribution in [1.29, 1.82) is 0 Å². The third-order valence-corrected chi connectivity index (χ3v) is 6.03. The van der Waals surface area contributed by atoms with Crippen LogP contribution in [-0.4, -0.2) is 15.0 Å². The normalized spacial score (nSPS) is 12.1. The minimum Gasteiger partial charge on any atom is -0.266 e. The van der Waals surface area contributed by atoms with Gasteiger partial charge in [-0.2, -0.15) is 8.42 Å². The van der Waals surface area contributed by atoms with Crippen molar-refractivity contribution in [3.63, 3.8) is 0 Å². The molecule has 0 amide bonds. The lowest BCUT2D eigenvalue weighted by molar-refractivity contribution is 0.313. The molecule has 0 N–H and O–H groups in total. The molecule has 0 unspecified atom stereocenters. The Kier molecular flexibility index (Phi) is 13.2. The second-order valence-electron chi connectivity index (χ2n) is 7.32. The van der Waals surface area contributed by atoms with Gasteiger partial charge in [0.25, 0.3) is 10.1 Å². The molecule has 0 aromatic heterocycles. The Morgan fingerprint density at radius 3 is 1.89 bits per heavy atom. The topological polar surface area (TPSA) is 43.4 Å². The van der Waals surface area contributed by atoms with E-state index in [-0.39, 0.29) is 11.5 Å². The zero-order valence-electron chi connectivity index (χ0n) is 17.3. The van der Waals surface area contributed by atoms with Crippen LogP contribution in [0.4, 0.5) is 0 Å². The van der Waals surface area contributed by atoms with Gasteiger partial charge in [0, 0.05) is 0 Å². The van der Waals surface area contributed by atoms with Crippen molar-refractivity contribution in [1.82, 2.24) is 0 Å². The van der Waals surface area contributed by atoms with E-state index in [2.05, 4.69) is 19.1 Å². The van der Waals surface area contributed by atoms with Crippen LogP contribution in [0, 0.1) is 6.92 Å². The van der Waals surface area contributed by atoms with Gasteiger partial charge in [-0.05, 0) is 44.7 Å². The monoisotopic (exact) mass is 394 g/mol. The van der Waals surface area contributed by atoms with E-state index in [4.69, 9.17) is 4.18 Å². The Balaban J connectivity index is 1.98. The molecule has 1 aromatic rings. The number of rotatable bonds is 16. The summed E-state index contributed by atoms with van der Waals surface area (Å²) in [5.74, 6) is 0. The largest absolute Gasteiger partial charge is 0.296 e. The van der Waals surface area contributed by atoms with Gasteiger partial charge in [0.2, 0.25) is 0 Å². The maximum absolute atomic E-state index is 12.0. The summed E-state index contributed by atoms with van der Waals surface area (Å²) in [6, 6.07) is 6.75. The fraction of sp³-hybridized carbons (Fsp3) is 0.652. The van der Waals surface area contributed by atoms with Crippen LogP contribution in [0.25, 0.3) is 0 Å². The number of hydrogen-bond donors (Lipinski definition) is 0. The van der Waals surface area contributed by atoms with Crippen molar-refractivity contribution in [2.45, 2.75) is 95.8 Å². The smallest absolute Gasteiger partial charge is 0.266 e. The highest BCUT2D eigenvalue weighted by Crippen LogP contribution is 2.14. The lowest BCUT2D eigenvalue weighted by Crippen LogP contribution is -2.07. The van der Waals surface area contributed by atoms with E-state index >= 15 is 0 Å². The average molecular weight is 395 g/mol. The number of benzene rings is 1. The van der Waals surface area contributed by atoms with E-state index in [0.717, 1.165) is 24.8 Å². The van der Waals surface area contributed by atoms with Gasteiger partial charge in [0.1, 0.15) is 0 Å². The molecule has 0 aliphatic rings. The highest BCUT2D eigenvalue weighted by atomic mass is 32.2. The molecule has 27 heavy (non-hydrogen) atoms. The van der Waals surface area contributed by atoms with E-state index in [1.807, 2.05) is 6.92 Å². The van der Waals surface area contributed by atoms with E-state index in [0.29, 0.717) is 0 Å². The van der Waals surface area contributed by atoms with Crippen molar-refractivity contribution in [2.75, 3.05) is 6.61 Å². The summed E-state index contributed by atoms with van der Waals surface area (Å²) in [5, 5.41) is 0. The Bertz CT molecular complexity index is 603. The first-order chi connectivity index (χ1) is 13.1. The van der Waals surface area contributed by atoms with Gasteiger partial charge in [0.05, 0.1) is 11.5 Å². The van der Waals surface area contributed by atoms with Crippen molar-refractivity contribution < 1.29 is 12.6 Å². The van der Waals surface area contributed by atoms with Crippen LogP contribution in [0.15, 0.2) is 41.3 Å². The van der Waals surface area contributed by atoms with E-state index in [1.165, 1.54) is 57.8 Å². The summed E-state index contributed by atoms with van der Waals surface area (Å²) < 4.78 is 29.2. The molecule has 0 aliphatic carbocycles. The third-order valence-electron chi connectivity index (χ3n) is 4.70. The number of unbranched alkanes of at least 4 members (excludes halogenated alkanes) is 10. The fourth-order valence-electron chi connectivity index (χ4n) is 2.95. The Morgan fingerprint density at radius 2 is 1.30 bits per heavy atom. The molecular formula is C23H38O3S. The van der Waals surface area contributed by atoms with Crippen molar-refractivity contribution >= 4 is 10.1 Å². The summed E-state index contributed by atoms with van der Waals surface area (Å²) in [6.07, 6.45) is 19.3. The van der Waals surface area contributed by atoms with Crippen LogP contribution in [0.1, 0.15) is 89.5 Å². The molecule has 0 radical (unpaired) electrons. The average Bonchev–Trinajstić information content (AvgIpc) is 2.65. The van der Waals surface area contributed by atoms with Gasteiger partial charge in [0.15, 0.2) is 0 Å². The summed E-state index contributed by atoms with van der Waals surface area (Å²) in [7, 11) is -3.62. The zero-order valence-corrected chi connectivity index (χ0v) is 18.1. The molecule has 0 atom stereocenters. The molecule has 0 fully saturated rings. The van der Waals surface area contributed by atoms with Gasteiger partial charge < -0.3 is 0 Å². The Labute approximate surface area is 167 Å². The number of hydrogen-bond acceptors (Lipinski definition) is 3. The van der Waals surface area contributed by atoms with E-state index in [9.17, 15) is 8.42 Å². The van der Waals surface area contributed by atoms with E-state index < -0.39 is 10.1 Å². The van der Waals surface area contributed by atoms with Crippen LogP contribution in [0.5, 0.6) is 0 Å². The van der Waals surface area contributed by atoms with Gasteiger partial charge >= 0.3 is 0 Å². The lowest BCUT2D eigenvalue weighted by Gasteiger charge is -2.05. The van der Waals surface area contributed by atoms with Crippen LogP contribution < -0.4 is 0 Å². The summed E-state index contributed by atoms with van der Waals surface area (Å²) in [5.41, 5.74) is 1.03. The molecule has 0 bridgehead atoms. The Hall–Kier alpha value is -1.13. The standard InChI is InChI=1S/C23H38O3S/c1-3-4-5-6-7-8-9-10-11-12-13-14-15-16-21-26-27(24,25)23-19-17-22(2)18-20-23/h13-14,17-20H,3-12,15-16,21H2,1-2H3/b14-13-. The summed E-state index contributed by atoms with van der Waals surface area (Å²) in [6.45, 7) is 4.42.